The Morgan fingerprint density at radius 1 is 1.03 bits per heavy atom. The van der Waals surface area contributed by atoms with Gasteiger partial charge < -0.3 is 9.15 Å². The minimum Gasteiger partial charge on any atom is -0.494 e. The van der Waals surface area contributed by atoms with Crippen molar-refractivity contribution in [3.05, 3.63) is 59.7 Å². The molecule has 0 fully saturated rings. The molecule has 1 N–H and O–H groups in total. The summed E-state index contributed by atoms with van der Waals surface area (Å²) < 4.78 is 48.9. The zero-order chi connectivity index (χ0) is 21.6. The lowest BCUT2D eigenvalue weighted by molar-refractivity contribution is -0.137. The lowest BCUT2D eigenvalue weighted by atomic mass is 10.1. The number of nitrogens with one attached hydrogen (secondary N) is 1. The first kappa shape index (κ1) is 21.4. The molecule has 0 atom stereocenters. The van der Waals surface area contributed by atoms with E-state index < -0.39 is 17.6 Å². The number of hydrogen-bond donors (Lipinski definition) is 1. The molecule has 158 valence electrons. The van der Waals surface area contributed by atoms with E-state index in [1.54, 1.807) is 24.3 Å². The highest BCUT2D eigenvalue weighted by Gasteiger charge is 2.30. The first-order valence-corrected chi connectivity index (χ1v) is 9.42. The number of aromatic nitrogens is 2. The van der Waals surface area contributed by atoms with Crippen LogP contribution in [0.25, 0.3) is 11.5 Å². The molecule has 0 radical (unpaired) electrons. The summed E-state index contributed by atoms with van der Waals surface area (Å²) in [7, 11) is 0. The molecular weight excluding hydrogens is 399 g/mol. The Morgan fingerprint density at radius 2 is 1.73 bits per heavy atom. The normalized spacial score (nSPS) is 11.3. The van der Waals surface area contributed by atoms with Crippen molar-refractivity contribution in [3.8, 4) is 17.2 Å². The number of unbranched alkanes of at least 4 members (excludes halogenated alkanes) is 2. The molecule has 1 heterocycles. The van der Waals surface area contributed by atoms with Crippen molar-refractivity contribution in [3.63, 3.8) is 0 Å². The van der Waals surface area contributed by atoms with E-state index in [2.05, 4.69) is 22.4 Å². The van der Waals surface area contributed by atoms with Gasteiger partial charge in [0.15, 0.2) is 0 Å². The second-order valence-electron chi connectivity index (χ2n) is 6.52. The molecule has 0 aliphatic carbocycles. The number of hydrogen-bond acceptors (Lipinski definition) is 5. The molecule has 3 aromatic rings. The molecule has 0 spiro atoms. The molecular formula is C21H20F3N3O3. The van der Waals surface area contributed by atoms with Crippen LogP contribution in [-0.4, -0.2) is 22.7 Å². The molecule has 0 aliphatic rings. The molecule has 3 rings (SSSR count). The summed E-state index contributed by atoms with van der Waals surface area (Å²) in [5.41, 5.74) is -0.108. The minimum absolute atomic E-state index is 0.00477. The van der Waals surface area contributed by atoms with Crippen LogP contribution in [0.2, 0.25) is 0 Å². The maximum absolute atomic E-state index is 12.6. The summed E-state index contributed by atoms with van der Waals surface area (Å²) in [6.07, 6.45) is -1.25. The Balaban J connectivity index is 1.59. The maximum Gasteiger partial charge on any atom is 0.416 e. The summed E-state index contributed by atoms with van der Waals surface area (Å²) in [4.78, 5) is 12.3. The number of benzene rings is 2. The van der Waals surface area contributed by atoms with E-state index in [4.69, 9.17) is 9.15 Å². The second-order valence-corrected chi connectivity index (χ2v) is 6.52. The number of carbonyl (C=O) groups excluding carboxylic acids is 1. The topological polar surface area (TPSA) is 77.2 Å². The van der Waals surface area contributed by atoms with E-state index >= 15 is 0 Å². The van der Waals surface area contributed by atoms with E-state index in [9.17, 15) is 18.0 Å². The summed E-state index contributed by atoms with van der Waals surface area (Å²) in [5, 5.41) is 9.93. The van der Waals surface area contributed by atoms with E-state index in [0.29, 0.717) is 23.5 Å². The predicted molar refractivity (Wildman–Crippen MR) is 104 cm³/mol. The average Bonchev–Trinajstić information content (AvgIpc) is 3.19. The van der Waals surface area contributed by atoms with Crippen LogP contribution in [0.1, 0.15) is 42.1 Å². The number of nitrogens with zero attached hydrogens (tertiary/aromatic N) is 2. The lowest BCUT2D eigenvalue weighted by Gasteiger charge is -2.06. The number of anilines is 1. The van der Waals surface area contributed by atoms with Crippen molar-refractivity contribution in [1.82, 2.24) is 10.2 Å². The highest BCUT2D eigenvalue weighted by molar-refractivity contribution is 6.03. The van der Waals surface area contributed by atoms with E-state index in [-0.39, 0.29) is 11.9 Å². The van der Waals surface area contributed by atoms with Gasteiger partial charge in [-0.05, 0) is 55.0 Å². The highest BCUT2D eigenvalue weighted by Crippen LogP contribution is 2.31. The lowest BCUT2D eigenvalue weighted by Crippen LogP contribution is -2.12. The zero-order valence-electron chi connectivity index (χ0n) is 16.2. The molecule has 30 heavy (non-hydrogen) atoms. The quantitative estimate of drug-likeness (QED) is 0.483. The summed E-state index contributed by atoms with van der Waals surface area (Å²) >= 11 is 0. The summed E-state index contributed by atoms with van der Waals surface area (Å²) in [5.74, 6) is 0.204. The molecule has 1 aromatic heterocycles. The Kier molecular flexibility index (Phi) is 6.71. The van der Waals surface area contributed by atoms with Crippen molar-refractivity contribution >= 4 is 11.9 Å². The Bertz CT molecular complexity index is 968. The van der Waals surface area contributed by atoms with Gasteiger partial charge in [0, 0.05) is 11.1 Å². The summed E-state index contributed by atoms with van der Waals surface area (Å²) in [6.45, 7) is 2.73. The molecule has 0 saturated carbocycles. The average molecular weight is 419 g/mol. The first-order chi connectivity index (χ1) is 14.4. The van der Waals surface area contributed by atoms with Gasteiger partial charge in [0.1, 0.15) is 5.75 Å². The predicted octanol–water partition coefficient (Wildman–Crippen LogP) is 5.58. The largest absolute Gasteiger partial charge is 0.494 e. The van der Waals surface area contributed by atoms with Gasteiger partial charge in [-0.15, -0.1) is 5.10 Å². The summed E-state index contributed by atoms with van der Waals surface area (Å²) in [6, 6.07) is 10.7. The number of ether oxygens (including phenoxy) is 1. The van der Waals surface area contributed by atoms with Gasteiger partial charge in [-0.1, -0.05) is 24.9 Å². The maximum atomic E-state index is 12.6. The van der Waals surface area contributed by atoms with E-state index in [1.165, 1.54) is 12.1 Å². The number of rotatable bonds is 8. The van der Waals surface area contributed by atoms with Crippen molar-refractivity contribution in [2.24, 2.45) is 0 Å². The minimum atomic E-state index is -4.43. The SMILES string of the molecule is CCCCCOc1ccc(C(=O)Nc2nnc(-c3ccc(C(F)(F)F)cc3)o2)cc1. The second kappa shape index (κ2) is 9.43. The number of carbonyl (C=O) groups is 1. The highest BCUT2D eigenvalue weighted by atomic mass is 19.4. The van der Waals surface area contributed by atoms with E-state index in [0.717, 1.165) is 31.4 Å². The molecule has 1 amide bonds. The zero-order valence-corrected chi connectivity index (χ0v) is 16.2. The molecule has 9 heteroatoms. The van der Waals surface area contributed by atoms with Crippen molar-refractivity contribution in [2.75, 3.05) is 11.9 Å². The molecule has 0 aliphatic heterocycles. The standard InChI is InChI=1S/C21H20F3N3O3/c1-2-3-4-13-29-17-11-7-14(8-12-17)18(28)25-20-27-26-19(30-20)15-5-9-16(10-6-15)21(22,23)24/h5-12H,2-4,13H2,1H3,(H,25,27,28). The number of amides is 1. The molecule has 0 saturated heterocycles. The van der Waals surface area contributed by atoms with Gasteiger partial charge in [0.05, 0.1) is 12.2 Å². The fourth-order valence-electron chi connectivity index (χ4n) is 2.61. The number of halogens is 3. The van der Waals surface area contributed by atoms with Crippen molar-refractivity contribution in [1.29, 1.82) is 0 Å². The fraction of sp³-hybridized carbons (Fsp3) is 0.286. The third-order valence-corrected chi connectivity index (χ3v) is 4.24. The molecule has 6 nitrogen and oxygen atoms in total. The number of alkyl halides is 3. The van der Waals surface area contributed by atoms with E-state index in [1.807, 2.05) is 0 Å². The van der Waals surface area contributed by atoms with Crippen molar-refractivity contribution < 1.29 is 27.1 Å². The monoisotopic (exact) mass is 419 g/mol. The van der Waals surface area contributed by atoms with Crippen LogP contribution < -0.4 is 10.1 Å². The Morgan fingerprint density at radius 3 is 2.37 bits per heavy atom. The van der Waals surface area contributed by atoms with Gasteiger partial charge in [-0.25, -0.2) is 0 Å². The van der Waals surface area contributed by atoms with Gasteiger partial charge in [-0.2, -0.15) is 13.2 Å². The smallest absolute Gasteiger partial charge is 0.416 e. The van der Waals surface area contributed by atoms with Crippen LogP contribution in [0.5, 0.6) is 5.75 Å². The first-order valence-electron chi connectivity index (χ1n) is 9.42. The van der Waals surface area contributed by atoms with Crippen LogP contribution in [0.3, 0.4) is 0 Å². The van der Waals surface area contributed by atoms with Crippen LogP contribution in [0.4, 0.5) is 19.2 Å². The fourth-order valence-corrected chi connectivity index (χ4v) is 2.61. The van der Waals surface area contributed by atoms with Crippen LogP contribution in [0, 0.1) is 0 Å². The van der Waals surface area contributed by atoms with Crippen molar-refractivity contribution in [2.45, 2.75) is 32.4 Å². The van der Waals surface area contributed by atoms with Gasteiger partial charge in [0.25, 0.3) is 5.91 Å². The molecule has 0 bridgehead atoms. The Hall–Kier alpha value is -3.36. The van der Waals surface area contributed by atoms with Gasteiger partial charge >= 0.3 is 12.2 Å². The third-order valence-electron chi connectivity index (χ3n) is 4.24. The van der Waals surface area contributed by atoms with Gasteiger partial charge in [-0.3, -0.25) is 10.1 Å². The third kappa shape index (κ3) is 5.59. The van der Waals surface area contributed by atoms with Crippen LogP contribution in [-0.2, 0) is 6.18 Å². The molecule has 0 unspecified atom stereocenters. The van der Waals surface area contributed by atoms with Gasteiger partial charge in [0.2, 0.25) is 5.89 Å². The van der Waals surface area contributed by atoms with Crippen LogP contribution in [0.15, 0.2) is 52.9 Å². The molecule has 2 aromatic carbocycles. The van der Waals surface area contributed by atoms with Crippen LogP contribution >= 0.6 is 0 Å². The Labute approximate surface area is 171 Å².